The molecule has 1 aromatic heterocycles. The summed E-state index contributed by atoms with van der Waals surface area (Å²) in [7, 11) is 0. The van der Waals surface area contributed by atoms with Crippen molar-refractivity contribution >= 4 is 28.3 Å². The van der Waals surface area contributed by atoms with Crippen molar-refractivity contribution in [3.05, 3.63) is 22.2 Å². The first kappa shape index (κ1) is 16.4. The molecule has 0 bridgehead atoms. The number of carbonyl (C=O) groups excluding carboxylic acids is 1. The van der Waals surface area contributed by atoms with Crippen LogP contribution < -0.4 is 5.32 Å². The first-order valence-corrected chi connectivity index (χ1v) is 7.41. The second kappa shape index (κ2) is 7.79. The second-order valence-corrected chi connectivity index (χ2v) is 5.54. The number of hydrogen-bond donors (Lipinski definition) is 2. The Morgan fingerprint density at radius 1 is 1.30 bits per heavy atom. The van der Waals surface area contributed by atoms with E-state index in [1.807, 2.05) is 6.92 Å². The summed E-state index contributed by atoms with van der Waals surface area (Å²) >= 11 is 1.25. The third-order valence-electron chi connectivity index (χ3n) is 3.12. The van der Waals surface area contributed by atoms with E-state index in [4.69, 9.17) is 5.11 Å². The SMILES string of the molecule is CCC(C)=C(C)CCC(=O)Nc1nc(CC(=O)O)cs1. The van der Waals surface area contributed by atoms with Crippen LogP contribution in [0.2, 0.25) is 0 Å². The minimum Gasteiger partial charge on any atom is -0.481 e. The van der Waals surface area contributed by atoms with Crippen LogP contribution in [0.25, 0.3) is 0 Å². The fourth-order valence-electron chi connectivity index (χ4n) is 1.60. The van der Waals surface area contributed by atoms with E-state index >= 15 is 0 Å². The van der Waals surface area contributed by atoms with Gasteiger partial charge in [0.25, 0.3) is 0 Å². The third-order valence-corrected chi connectivity index (χ3v) is 3.92. The van der Waals surface area contributed by atoms with E-state index in [1.165, 1.54) is 22.5 Å². The van der Waals surface area contributed by atoms with Crippen LogP contribution in [0.1, 0.15) is 45.7 Å². The van der Waals surface area contributed by atoms with Gasteiger partial charge in [0.05, 0.1) is 12.1 Å². The topological polar surface area (TPSA) is 79.3 Å². The summed E-state index contributed by atoms with van der Waals surface area (Å²) in [5, 5.41) is 13.5. The first-order valence-electron chi connectivity index (χ1n) is 6.53. The molecular weight excluding hydrogens is 276 g/mol. The number of anilines is 1. The molecule has 1 heterocycles. The van der Waals surface area contributed by atoms with Crippen molar-refractivity contribution in [1.82, 2.24) is 4.98 Å². The molecule has 0 aliphatic heterocycles. The highest BCUT2D eigenvalue weighted by atomic mass is 32.1. The summed E-state index contributed by atoms with van der Waals surface area (Å²) < 4.78 is 0. The maximum Gasteiger partial charge on any atom is 0.309 e. The van der Waals surface area contributed by atoms with Crippen LogP contribution in [0, 0.1) is 0 Å². The molecule has 5 nitrogen and oxygen atoms in total. The summed E-state index contributed by atoms with van der Waals surface area (Å²) in [5.74, 6) is -1.02. The largest absolute Gasteiger partial charge is 0.481 e. The van der Waals surface area contributed by atoms with Crippen molar-refractivity contribution in [2.24, 2.45) is 0 Å². The fraction of sp³-hybridized carbons (Fsp3) is 0.500. The smallest absolute Gasteiger partial charge is 0.309 e. The van der Waals surface area contributed by atoms with Crippen LogP contribution in [0.4, 0.5) is 5.13 Å². The van der Waals surface area contributed by atoms with Crippen molar-refractivity contribution < 1.29 is 14.7 Å². The van der Waals surface area contributed by atoms with Crippen LogP contribution >= 0.6 is 11.3 Å². The zero-order valence-electron chi connectivity index (χ0n) is 12.0. The number of nitrogens with one attached hydrogen (secondary N) is 1. The van der Waals surface area contributed by atoms with Gasteiger partial charge >= 0.3 is 5.97 Å². The average Bonchev–Trinajstić information content (AvgIpc) is 2.81. The van der Waals surface area contributed by atoms with E-state index in [9.17, 15) is 9.59 Å². The van der Waals surface area contributed by atoms with Gasteiger partial charge in [-0.15, -0.1) is 11.3 Å². The molecule has 20 heavy (non-hydrogen) atoms. The minimum absolute atomic E-state index is 0.0931. The maximum absolute atomic E-state index is 11.8. The van der Waals surface area contributed by atoms with Crippen molar-refractivity contribution in [1.29, 1.82) is 0 Å². The van der Waals surface area contributed by atoms with Crippen LogP contribution in [0.15, 0.2) is 16.5 Å². The number of nitrogens with zero attached hydrogens (tertiary/aromatic N) is 1. The third kappa shape index (κ3) is 5.52. The lowest BCUT2D eigenvalue weighted by atomic mass is 10.0. The van der Waals surface area contributed by atoms with Crippen molar-refractivity contribution in [2.45, 2.75) is 46.5 Å². The van der Waals surface area contributed by atoms with Gasteiger partial charge in [0.1, 0.15) is 0 Å². The van der Waals surface area contributed by atoms with E-state index < -0.39 is 5.97 Å². The number of thiazole rings is 1. The Morgan fingerprint density at radius 2 is 2.00 bits per heavy atom. The Morgan fingerprint density at radius 3 is 2.60 bits per heavy atom. The molecule has 0 atom stereocenters. The number of rotatable bonds is 7. The highest BCUT2D eigenvalue weighted by molar-refractivity contribution is 7.13. The minimum atomic E-state index is -0.927. The number of carboxylic acids is 1. The molecule has 0 spiro atoms. The highest BCUT2D eigenvalue weighted by Crippen LogP contribution is 2.17. The zero-order valence-corrected chi connectivity index (χ0v) is 12.8. The molecular formula is C14H20N2O3S. The predicted molar refractivity (Wildman–Crippen MR) is 80.0 cm³/mol. The Hall–Kier alpha value is -1.69. The maximum atomic E-state index is 11.8. The lowest BCUT2D eigenvalue weighted by molar-refractivity contribution is -0.136. The number of carbonyl (C=O) groups is 2. The number of hydrogen-bond acceptors (Lipinski definition) is 4. The highest BCUT2D eigenvalue weighted by Gasteiger charge is 2.09. The predicted octanol–water partition coefficient (Wildman–Crippen LogP) is 3.24. The molecule has 6 heteroatoms. The molecule has 0 saturated heterocycles. The van der Waals surface area contributed by atoms with Crippen LogP contribution in [-0.2, 0) is 16.0 Å². The molecule has 0 aliphatic rings. The fourth-order valence-corrected chi connectivity index (χ4v) is 2.32. The first-order chi connectivity index (χ1) is 9.42. The summed E-state index contributed by atoms with van der Waals surface area (Å²) in [6.45, 7) is 6.21. The van der Waals surface area contributed by atoms with Gasteiger partial charge < -0.3 is 10.4 Å². The van der Waals surface area contributed by atoms with Crippen molar-refractivity contribution in [2.75, 3.05) is 5.32 Å². The molecule has 1 aromatic rings. The zero-order chi connectivity index (χ0) is 15.1. The summed E-state index contributed by atoms with van der Waals surface area (Å²) in [5.41, 5.74) is 3.03. The Kier molecular flexibility index (Phi) is 6.38. The van der Waals surface area contributed by atoms with Gasteiger partial charge in [-0.2, -0.15) is 0 Å². The molecule has 110 valence electrons. The molecule has 0 aromatic carbocycles. The van der Waals surface area contributed by atoms with Gasteiger partial charge in [-0.3, -0.25) is 9.59 Å². The van der Waals surface area contributed by atoms with Gasteiger partial charge in [0, 0.05) is 11.8 Å². The Balaban J connectivity index is 2.46. The number of aliphatic carboxylic acids is 1. The monoisotopic (exact) mass is 296 g/mol. The number of aromatic nitrogens is 1. The molecule has 0 radical (unpaired) electrons. The normalized spacial score (nSPS) is 11.9. The standard InChI is InChI=1S/C14H20N2O3S/c1-4-9(2)10(3)5-6-12(17)16-14-15-11(8-20-14)7-13(18)19/h8H,4-7H2,1-3H3,(H,18,19)(H,15,16,17). The molecule has 2 N–H and O–H groups in total. The van der Waals surface area contributed by atoms with E-state index in [-0.39, 0.29) is 12.3 Å². The van der Waals surface area contributed by atoms with Gasteiger partial charge in [-0.1, -0.05) is 18.1 Å². The summed E-state index contributed by atoms with van der Waals surface area (Å²) in [6.07, 6.45) is 2.03. The lowest BCUT2D eigenvalue weighted by Crippen LogP contribution is -2.11. The molecule has 1 amide bonds. The van der Waals surface area contributed by atoms with E-state index in [2.05, 4.69) is 24.1 Å². The van der Waals surface area contributed by atoms with E-state index in [0.29, 0.717) is 17.2 Å². The number of amides is 1. The van der Waals surface area contributed by atoms with Crippen LogP contribution in [-0.4, -0.2) is 22.0 Å². The quantitative estimate of drug-likeness (QED) is 0.757. The lowest BCUT2D eigenvalue weighted by Gasteiger charge is -2.05. The summed E-state index contributed by atoms with van der Waals surface area (Å²) in [6, 6.07) is 0. The van der Waals surface area contributed by atoms with Gasteiger partial charge in [0.15, 0.2) is 5.13 Å². The molecule has 0 aliphatic carbocycles. The molecule has 0 fully saturated rings. The van der Waals surface area contributed by atoms with Crippen LogP contribution in [0.5, 0.6) is 0 Å². The molecule has 0 saturated carbocycles. The van der Waals surface area contributed by atoms with Gasteiger partial charge in [0.2, 0.25) is 5.91 Å². The van der Waals surface area contributed by atoms with Gasteiger partial charge in [-0.05, 0) is 26.7 Å². The van der Waals surface area contributed by atoms with E-state index in [1.54, 1.807) is 5.38 Å². The van der Waals surface area contributed by atoms with Crippen molar-refractivity contribution in [3.8, 4) is 0 Å². The average molecular weight is 296 g/mol. The van der Waals surface area contributed by atoms with E-state index in [0.717, 1.165) is 12.8 Å². The Labute approximate surface area is 122 Å². The summed E-state index contributed by atoms with van der Waals surface area (Å²) in [4.78, 5) is 26.4. The molecule has 1 rings (SSSR count). The van der Waals surface area contributed by atoms with Crippen LogP contribution in [0.3, 0.4) is 0 Å². The second-order valence-electron chi connectivity index (χ2n) is 4.68. The Bertz CT molecular complexity index is 520. The number of carboxylic acid groups (broad SMARTS) is 1. The van der Waals surface area contributed by atoms with Crippen molar-refractivity contribution in [3.63, 3.8) is 0 Å². The molecule has 0 unspecified atom stereocenters. The van der Waals surface area contributed by atoms with Gasteiger partial charge in [-0.25, -0.2) is 4.98 Å². The number of allylic oxidation sites excluding steroid dienone is 2.